The van der Waals surface area contributed by atoms with E-state index in [9.17, 15) is 28.7 Å². The van der Waals surface area contributed by atoms with E-state index in [1.807, 2.05) is 13.0 Å². The average molecular weight is 450 g/mol. The molecule has 1 atom stereocenters. The van der Waals surface area contributed by atoms with Gasteiger partial charge in [0.15, 0.2) is 0 Å². The summed E-state index contributed by atoms with van der Waals surface area (Å²) in [6, 6.07) is 9.17. The van der Waals surface area contributed by atoms with Crippen LogP contribution in [0, 0.1) is 35.8 Å². The first-order valence-corrected chi connectivity index (χ1v) is 11.5. The molecular formula is C21H27N3O6S. The number of anilines is 2. The van der Waals surface area contributed by atoms with E-state index in [1.165, 1.54) is 12.1 Å². The van der Waals surface area contributed by atoms with Gasteiger partial charge in [0.2, 0.25) is 0 Å². The van der Waals surface area contributed by atoms with E-state index in [0.29, 0.717) is 30.9 Å². The fraction of sp³-hybridized carbons (Fsp3) is 0.429. The van der Waals surface area contributed by atoms with Crippen LogP contribution in [-0.2, 0) is 10.0 Å². The molecule has 3 rings (SSSR count). The summed E-state index contributed by atoms with van der Waals surface area (Å²) in [5.41, 5.74) is 2.19. The fourth-order valence-electron chi connectivity index (χ4n) is 3.96. The summed E-state index contributed by atoms with van der Waals surface area (Å²) in [6.07, 6.45) is 0.678. The number of benzene rings is 2. The summed E-state index contributed by atoms with van der Waals surface area (Å²) in [6.45, 7) is 4.34. The van der Waals surface area contributed by atoms with Gasteiger partial charge in [-0.3, -0.25) is 14.8 Å². The summed E-state index contributed by atoms with van der Waals surface area (Å²) in [5, 5.41) is 30.5. The van der Waals surface area contributed by atoms with Crippen LogP contribution in [0.25, 0.3) is 0 Å². The van der Waals surface area contributed by atoms with Gasteiger partial charge in [0.1, 0.15) is 5.69 Å². The molecule has 31 heavy (non-hydrogen) atoms. The molecule has 1 saturated heterocycles. The highest BCUT2D eigenvalue weighted by Crippen LogP contribution is 2.36. The predicted molar refractivity (Wildman–Crippen MR) is 118 cm³/mol. The van der Waals surface area contributed by atoms with Crippen molar-refractivity contribution in [1.29, 1.82) is 0 Å². The van der Waals surface area contributed by atoms with Crippen LogP contribution in [0.4, 0.5) is 17.1 Å². The van der Waals surface area contributed by atoms with Gasteiger partial charge in [-0.25, -0.2) is 8.42 Å². The first-order valence-electron chi connectivity index (χ1n) is 10.0. The van der Waals surface area contributed by atoms with E-state index in [-0.39, 0.29) is 35.6 Å². The van der Waals surface area contributed by atoms with Gasteiger partial charge in [0.25, 0.3) is 15.7 Å². The maximum absolute atomic E-state index is 12.9. The predicted octanol–water partition coefficient (Wildman–Crippen LogP) is 2.44. The quantitative estimate of drug-likeness (QED) is 0.416. The van der Waals surface area contributed by atoms with Crippen LogP contribution in [0.15, 0.2) is 41.3 Å². The van der Waals surface area contributed by atoms with Crippen LogP contribution in [0.3, 0.4) is 0 Å². The molecule has 9 nitrogen and oxygen atoms in total. The highest BCUT2D eigenvalue weighted by molar-refractivity contribution is 7.92. The van der Waals surface area contributed by atoms with E-state index in [4.69, 9.17) is 0 Å². The number of aryl methyl sites for hydroxylation is 2. The number of hydrogen-bond donors (Lipinski definition) is 3. The van der Waals surface area contributed by atoms with Gasteiger partial charge in [-0.1, -0.05) is 17.7 Å². The summed E-state index contributed by atoms with van der Waals surface area (Å²) in [4.78, 5) is 12.7. The van der Waals surface area contributed by atoms with E-state index in [1.54, 1.807) is 24.0 Å². The Balaban J connectivity index is 1.89. The zero-order valence-corrected chi connectivity index (χ0v) is 18.3. The molecule has 168 valence electrons. The van der Waals surface area contributed by atoms with Gasteiger partial charge >= 0.3 is 0 Å². The lowest BCUT2D eigenvalue weighted by Crippen LogP contribution is -2.27. The molecule has 2 aromatic carbocycles. The Morgan fingerprint density at radius 3 is 2.52 bits per heavy atom. The van der Waals surface area contributed by atoms with Crippen LogP contribution in [0.2, 0.25) is 0 Å². The van der Waals surface area contributed by atoms with Crippen molar-refractivity contribution >= 4 is 27.1 Å². The normalized spacial score (nSPS) is 16.7. The molecule has 0 aromatic heterocycles. The van der Waals surface area contributed by atoms with Crippen molar-refractivity contribution < 1.29 is 23.6 Å². The molecule has 1 aliphatic rings. The van der Waals surface area contributed by atoms with Gasteiger partial charge in [0, 0.05) is 38.3 Å². The van der Waals surface area contributed by atoms with E-state index >= 15 is 0 Å². The SMILES string of the molecule is Cc1ccc(NS(=O)(=O)c2ccc(N3CCC(C(CO)CO)C3)c([N+](=O)[O-])c2)c(C)c1. The molecule has 0 aliphatic carbocycles. The van der Waals surface area contributed by atoms with Crippen LogP contribution < -0.4 is 9.62 Å². The van der Waals surface area contributed by atoms with Crippen molar-refractivity contribution in [2.75, 3.05) is 35.9 Å². The zero-order valence-electron chi connectivity index (χ0n) is 17.5. The number of aliphatic hydroxyl groups excluding tert-OH is 2. The second-order valence-corrected chi connectivity index (χ2v) is 9.63. The van der Waals surface area contributed by atoms with E-state index in [2.05, 4.69) is 4.72 Å². The third-order valence-corrected chi connectivity index (χ3v) is 7.14. The molecule has 1 unspecified atom stereocenters. The molecule has 10 heteroatoms. The second kappa shape index (κ2) is 9.21. The summed E-state index contributed by atoms with van der Waals surface area (Å²) >= 11 is 0. The molecule has 1 aliphatic heterocycles. The monoisotopic (exact) mass is 449 g/mol. The topological polar surface area (TPSA) is 133 Å². The molecule has 0 bridgehead atoms. The Morgan fingerprint density at radius 1 is 1.19 bits per heavy atom. The smallest absolute Gasteiger partial charge is 0.293 e. The van der Waals surface area contributed by atoms with Gasteiger partial charge in [0.05, 0.1) is 15.5 Å². The third-order valence-electron chi connectivity index (χ3n) is 5.78. The molecule has 1 heterocycles. The fourth-order valence-corrected chi connectivity index (χ4v) is 5.11. The third kappa shape index (κ3) is 4.97. The highest BCUT2D eigenvalue weighted by atomic mass is 32.2. The number of hydrogen-bond acceptors (Lipinski definition) is 7. The number of sulfonamides is 1. The Morgan fingerprint density at radius 2 is 1.90 bits per heavy atom. The first-order chi connectivity index (χ1) is 14.7. The Kier molecular flexibility index (Phi) is 6.83. The van der Waals surface area contributed by atoms with Gasteiger partial charge in [-0.15, -0.1) is 0 Å². The average Bonchev–Trinajstić information content (AvgIpc) is 3.20. The largest absolute Gasteiger partial charge is 0.396 e. The number of nitrogens with one attached hydrogen (secondary N) is 1. The highest BCUT2D eigenvalue weighted by Gasteiger charge is 2.32. The molecule has 1 fully saturated rings. The number of nitro groups is 1. The minimum absolute atomic E-state index is 0.00388. The Bertz CT molecular complexity index is 1070. The first kappa shape index (κ1) is 23.0. The maximum Gasteiger partial charge on any atom is 0.293 e. The number of rotatable bonds is 8. The lowest BCUT2D eigenvalue weighted by Gasteiger charge is -2.22. The van der Waals surface area contributed by atoms with Crippen molar-refractivity contribution in [2.24, 2.45) is 11.8 Å². The molecular weight excluding hydrogens is 422 g/mol. The summed E-state index contributed by atoms with van der Waals surface area (Å²) < 4.78 is 28.2. The molecule has 0 amide bonds. The number of nitrogens with zero attached hydrogens (tertiary/aromatic N) is 2. The summed E-state index contributed by atoms with van der Waals surface area (Å²) in [5.74, 6) is -0.283. The lowest BCUT2D eigenvalue weighted by molar-refractivity contribution is -0.384. The molecule has 0 saturated carbocycles. The van der Waals surface area contributed by atoms with Crippen LogP contribution in [-0.4, -0.2) is 49.9 Å². The molecule has 3 N–H and O–H groups in total. The number of aliphatic hydroxyl groups is 2. The molecule has 0 radical (unpaired) electrons. The maximum atomic E-state index is 12.9. The Hall–Kier alpha value is -2.69. The van der Waals surface area contributed by atoms with Crippen molar-refractivity contribution in [3.05, 3.63) is 57.6 Å². The van der Waals surface area contributed by atoms with Crippen molar-refractivity contribution in [1.82, 2.24) is 0 Å². The second-order valence-electron chi connectivity index (χ2n) is 7.95. The zero-order chi connectivity index (χ0) is 22.8. The minimum atomic E-state index is -4.02. The summed E-state index contributed by atoms with van der Waals surface area (Å²) in [7, 11) is -4.02. The van der Waals surface area contributed by atoms with Crippen LogP contribution in [0.1, 0.15) is 17.5 Å². The molecule has 0 spiro atoms. The van der Waals surface area contributed by atoms with Gasteiger partial charge < -0.3 is 15.1 Å². The van der Waals surface area contributed by atoms with Gasteiger partial charge in [-0.05, 0) is 49.9 Å². The van der Waals surface area contributed by atoms with E-state index < -0.39 is 14.9 Å². The molecule has 2 aromatic rings. The van der Waals surface area contributed by atoms with Crippen LogP contribution in [0.5, 0.6) is 0 Å². The van der Waals surface area contributed by atoms with Crippen molar-refractivity contribution in [3.8, 4) is 0 Å². The van der Waals surface area contributed by atoms with Crippen molar-refractivity contribution in [2.45, 2.75) is 25.2 Å². The number of nitro benzene ring substituents is 1. The standard InChI is InChI=1S/C21H27N3O6S/c1-14-3-5-19(15(2)9-14)22-31(29,30)18-4-6-20(21(10-18)24(27)28)23-8-7-16(11-23)17(12-25)13-26/h3-6,9-10,16-17,22,25-26H,7-8,11-13H2,1-2H3. The lowest BCUT2D eigenvalue weighted by atomic mass is 9.93. The van der Waals surface area contributed by atoms with Gasteiger partial charge in [-0.2, -0.15) is 0 Å². The Labute approximate surface area is 181 Å². The minimum Gasteiger partial charge on any atom is -0.396 e. The van der Waals surface area contributed by atoms with Crippen LogP contribution >= 0.6 is 0 Å². The van der Waals surface area contributed by atoms with E-state index in [0.717, 1.165) is 17.2 Å². The van der Waals surface area contributed by atoms with Crippen molar-refractivity contribution in [3.63, 3.8) is 0 Å².